The normalized spacial score (nSPS) is 12.2. The van der Waals surface area contributed by atoms with Crippen molar-refractivity contribution in [2.75, 3.05) is 17.2 Å². The van der Waals surface area contributed by atoms with Gasteiger partial charge in [-0.2, -0.15) is 11.3 Å². The lowest BCUT2D eigenvalue weighted by Gasteiger charge is -2.18. The van der Waals surface area contributed by atoms with Crippen LogP contribution in [0.3, 0.4) is 0 Å². The summed E-state index contributed by atoms with van der Waals surface area (Å²) in [6, 6.07) is 2.52. The number of thiophene rings is 1. The summed E-state index contributed by atoms with van der Waals surface area (Å²) in [7, 11) is 0. The van der Waals surface area contributed by atoms with Crippen LogP contribution < -0.4 is 10.6 Å². The Kier molecular flexibility index (Phi) is 5.56. The molecule has 2 N–H and O–H groups in total. The minimum absolute atomic E-state index is 0.339. The zero-order valence-corrected chi connectivity index (χ0v) is 14.0. The van der Waals surface area contributed by atoms with E-state index < -0.39 is 0 Å². The largest absolute Gasteiger partial charge is 0.370 e. The molecule has 1 atom stereocenters. The second-order valence-corrected chi connectivity index (χ2v) is 6.18. The first-order valence-electron chi connectivity index (χ1n) is 7.47. The molecule has 0 fully saturated rings. The predicted molar refractivity (Wildman–Crippen MR) is 91.4 cm³/mol. The quantitative estimate of drug-likeness (QED) is 0.811. The van der Waals surface area contributed by atoms with E-state index in [0.717, 1.165) is 42.4 Å². The van der Waals surface area contributed by atoms with E-state index in [1.165, 1.54) is 5.56 Å². The topological polar surface area (TPSA) is 49.8 Å². The third kappa shape index (κ3) is 4.43. The summed E-state index contributed by atoms with van der Waals surface area (Å²) < 4.78 is 0. The zero-order valence-electron chi connectivity index (χ0n) is 13.2. The van der Waals surface area contributed by atoms with Crippen LogP contribution in [0.2, 0.25) is 0 Å². The molecule has 0 aliphatic rings. The highest BCUT2D eigenvalue weighted by molar-refractivity contribution is 7.07. The van der Waals surface area contributed by atoms with Crippen LogP contribution in [-0.2, 0) is 6.42 Å². The fraction of sp³-hybridized carbons (Fsp3) is 0.500. The second-order valence-electron chi connectivity index (χ2n) is 5.40. The van der Waals surface area contributed by atoms with E-state index in [0.29, 0.717) is 6.04 Å². The van der Waals surface area contributed by atoms with E-state index in [4.69, 9.17) is 0 Å². The number of hydrogen-bond donors (Lipinski definition) is 2. The molecule has 2 rings (SSSR count). The van der Waals surface area contributed by atoms with Gasteiger partial charge in [0.05, 0.1) is 0 Å². The molecule has 0 bridgehead atoms. The maximum Gasteiger partial charge on any atom is 0.134 e. The third-order valence-electron chi connectivity index (χ3n) is 3.31. The van der Waals surface area contributed by atoms with Crippen molar-refractivity contribution in [3.8, 4) is 0 Å². The number of nitrogens with zero attached hydrogens (tertiary/aromatic N) is 2. The molecule has 0 aliphatic heterocycles. The molecule has 2 aromatic heterocycles. The summed E-state index contributed by atoms with van der Waals surface area (Å²) in [6.45, 7) is 9.27. The fourth-order valence-electron chi connectivity index (χ4n) is 2.23. The van der Waals surface area contributed by atoms with Gasteiger partial charge in [-0.15, -0.1) is 0 Å². The lowest BCUT2D eigenvalue weighted by molar-refractivity contribution is 0.782. The molecule has 2 aromatic rings. The average molecular weight is 304 g/mol. The minimum atomic E-state index is 0.339. The Morgan fingerprint density at radius 1 is 1.24 bits per heavy atom. The SMILES string of the molecule is CCCNc1nc(C)nc(NC(C)Cc2ccsc2)c1C. The smallest absolute Gasteiger partial charge is 0.134 e. The summed E-state index contributed by atoms with van der Waals surface area (Å²) in [6.07, 6.45) is 2.09. The van der Waals surface area contributed by atoms with Crippen LogP contribution >= 0.6 is 11.3 Å². The molecule has 2 heterocycles. The molecule has 114 valence electrons. The third-order valence-corrected chi connectivity index (χ3v) is 4.04. The summed E-state index contributed by atoms with van der Waals surface area (Å²) in [4.78, 5) is 9.04. The van der Waals surface area contributed by atoms with Crippen molar-refractivity contribution >= 4 is 23.0 Å². The van der Waals surface area contributed by atoms with E-state index in [1.54, 1.807) is 11.3 Å². The van der Waals surface area contributed by atoms with Gasteiger partial charge in [-0.05, 0) is 56.0 Å². The van der Waals surface area contributed by atoms with Gasteiger partial charge in [-0.25, -0.2) is 9.97 Å². The second kappa shape index (κ2) is 7.41. The van der Waals surface area contributed by atoms with E-state index in [2.05, 4.69) is 58.2 Å². The van der Waals surface area contributed by atoms with Crippen LogP contribution in [0.25, 0.3) is 0 Å². The summed E-state index contributed by atoms with van der Waals surface area (Å²) >= 11 is 1.74. The van der Waals surface area contributed by atoms with Crippen LogP contribution in [0.4, 0.5) is 11.6 Å². The maximum atomic E-state index is 4.55. The van der Waals surface area contributed by atoms with E-state index in [9.17, 15) is 0 Å². The highest BCUT2D eigenvalue weighted by Crippen LogP contribution is 2.21. The first-order valence-corrected chi connectivity index (χ1v) is 8.41. The number of rotatable bonds is 7. The van der Waals surface area contributed by atoms with Gasteiger partial charge >= 0.3 is 0 Å². The van der Waals surface area contributed by atoms with Crippen molar-refractivity contribution in [3.63, 3.8) is 0 Å². The van der Waals surface area contributed by atoms with Crippen molar-refractivity contribution in [1.29, 1.82) is 0 Å². The Morgan fingerprint density at radius 2 is 2.00 bits per heavy atom. The number of hydrogen-bond acceptors (Lipinski definition) is 5. The van der Waals surface area contributed by atoms with Crippen molar-refractivity contribution in [2.45, 2.75) is 46.6 Å². The Balaban J connectivity index is 2.09. The van der Waals surface area contributed by atoms with Crippen LogP contribution in [0, 0.1) is 13.8 Å². The molecule has 0 saturated carbocycles. The molecule has 0 spiro atoms. The Labute approximate surface area is 131 Å². The van der Waals surface area contributed by atoms with Gasteiger partial charge in [0.15, 0.2) is 0 Å². The average Bonchev–Trinajstić information content (AvgIpc) is 2.93. The first-order chi connectivity index (χ1) is 10.1. The highest BCUT2D eigenvalue weighted by atomic mass is 32.1. The molecule has 0 radical (unpaired) electrons. The molecule has 0 aliphatic carbocycles. The standard InChI is InChI=1S/C16H24N4S/c1-5-7-17-15-12(3)16(20-13(4)19-15)18-11(2)9-14-6-8-21-10-14/h6,8,10-11H,5,7,9H2,1-4H3,(H2,17,18,19,20). The van der Waals surface area contributed by atoms with Crippen molar-refractivity contribution in [2.24, 2.45) is 0 Å². The van der Waals surface area contributed by atoms with Gasteiger partial charge in [0.1, 0.15) is 17.5 Å². The van der Waals surface area contributed by atoms with Crippen LogP contribution in [0.1, 0.15) is 37.2 Å². The Bertz CT molecular complexity index is 566. The van der Waals surface area contributed by atoms with Gasteiger partial charge in [0.25, 0.3) is 0 Å². The lowest BCUT2D eigenvalue weighted by atomic mass is 10.1. The van der Waals surface area contributed by atoms with Gasteiger partial charge in [0.2, 0.25) is 0 Å². The molecule has 1 unspecified atom stereocenters. The van der Waals surface area contributed by atoms with Gasteiger partial charge in [-0.3, -0.25) is 0 Å². The maximum absolute atomic E-state index is 4.55. The molecule has 0 amide bonds. The van der Waals surface area contributed by atoms with Gasteiger partial charge < -0.3 is 10.6 Å². The van der Waals surface area contributed by atoms with Gasteiger partial charge in [-0.1, -0.05) is 6.92 Å². The van der Waals surface area contributed by atoms with Crippen LogP contribution in [0.15, 0.2) is 16.8 Å². The van der Waals surface area contributed by atoms with Crippen LogP contribution in [-0.4, -0.2) is 22.6 Å². The lowest BCUT2D eigenvalue weighted by Crippen LogP contribution is -2.20. The first kappa shape index (κ1) is 15.8. The van der Waals surface area contributed by atoms with Crippen molar-refractivity contribution < 1.29 is 0 Å². The molecular formula is C16H24N4S. The Morgan fingerprint density at radius 3 is 2.67 bits per heavy atom. The molecular weight excluding hydrogens is 280 g/mol. The number of anilines is 2. The number of aryl methyl sites for hydroxylation is 1. The number of nitrogens with one attached hydrogen (secondary N) is 2. The predicted octanol–water partition coefficient (Wildman–Crippen LogP) is 4.02. The Hall–Kier alpha value is -1.62. The summed E-state index contributed by atoms with van der Waals surface area (Å²) in [5, 5.41) is 11.2. The minimum Gasteiger partial charge on any atom is -0.370 e. The van der Waals surface area contributed by atoms with E-state index in [-0.39, 0.29) is 0 Å². The fourth-order valence-corrected chi connectivity index (χ4v) is 2.91. The van der Waals surface area contributed by atoms with Crippen molar-refractivity contribution in [1.82, 2.24) is 9.97 Å². The molecule has 4 nitrogen and oxygen atoms in total. The summed E-state index contributed by atoms with van der Waals surface area (Å²) in [5.74, 6) is 2.67. The zero-order chi connectivity index (χ0) is 15.2. The van der Waals surface area contributed by atoms with Gasteiger partial charge in [0, 0.05) is 18.2 Å². The molecule has 5 heteroatoms. The molecule has 0 aromatic carbocycles. The van der Waals surface area contributed by atoms with E-state index >= 15 is 0 Å². The van der Waals surface area contributed by atoms with E-state index in [1.807, 2.05) is 6.92 Å². The molecule has 0 saturated heterocycles. The summed E-state index contributed by atoms with van der Waals surface area (Å²) in [5.41, 5.74) is 2.46. The highest BCUT2D eigenvalue weighted by Gasteiger charge is 2.11. The molecule has 21 heavy (non-hydrogen) atoms. The van der Waals surface area contributed by atoms with Crippen LogP contribution in [0.5, 0.6) is 0 Å². The van der Waals surface area contributed by atoms with Crippen molar-refractivity contribution in [3.05, 3.63) is 33.8 Å². The monoisotopic (exact) mass is 304 g/mol. The number of aromatic nitrogens is 2.